The van der Waals surface area contributed by atoms with Crippen LogP contribution < -0.4 is 16.3 Å². The fourth-order valence-electron chi connectivity index (χ4n) is 4.26. The molecule has 1 saturated heterocycles. The Morgan fingerprint density at radius 2 is 2.00 bits per heavy atom. The van der Waals surface area contributed by atoms with Gasteiger partial charge in [0.25, 0.3) is 0 Å². The van der Waals surface area contributed by atoms with Crippen LogP contribution in [0.5, 0.6) is 0 Å². The van der Waals surface area contributed by atoms with Gasteiger partial charge in [0.05, 0.1) is 12.7 Å². The Morgan fingerprint density at radius 3 is 2.58 bits per heavy atom. The maximum absolute atomic E-state index is 14.8. The number of halogens is 1. The summed E-state index contributed by atoms with van der Waals surface area (Å²) >= 11 is 0. The minimum atomic E-state index is -1.50. The van der Waals surface area contributed by atoms with Crippen molar-refractivity contribution in [3.05, 3.63) is 35.1 Å². The van der Waals surface area contributed by atoms with Crippen molar-refractivity contribution in [3.63, 3.8) is 0 Å². The number of benzene rings is 1. The number of nitrogens with zero attached hydrogens (tertiary/aromatic N) is 2. The van der Waals surface area contributed by atoms with E-state index < -0.39 is 12.2 Å². The highest BCUT2D eigenvalue weighted by atomic mass is 19.1. The Kier molecular flexibility index (Phi) is 8.62. The van der Waals surface area contributed by atoms with Gasteiger partial charge in [-0.2, -0.15) is 0 Å². The lowest BCUT2D eigenvalue weighted by atomic mass is 9.80. The molecule has 174 valence electrons. The van der Waals surface area contributed by atoms with Gasteiger partial charge in [-0.1, -0.05) is 26.0 Å². The van der Waals surface area contributed by atoms with Crippen LogP contribution in [0.4, 0.5) is 4.39 Å². The summed E-state index contributed by atoms with van der Waals surface area (Å²) in [5.74, 6) is -0.165. The van der Waals surface area contributed by atoms with Gasteiger partial charge >= 0.3 is 0 Å². The summed E-state index contributed by atoms with van der Waals surface area (Å²) in [7, 11) is 1.78. The number of hydrazine groups is 2. The average Bonchev–Trinajstić information content (AvgIpc) is 3.16. The molecule has 0 aliphatic carbocycles. The van der Waals surface area contributed by atoms with Crippen LogP contribution in [0.1, 0.15) is 44.2 Å². The van der Waals surface area contributed by atoms with Gasteiger partial charge in [-0.25, -0.2) is 9.93 Å². The minimum Gasteiger partial charge on any atom is -0.373 e. The number of nitrogens with one attached hydrogen (secondary N) is 3. The second kappa shape index (κ2) is 11.2. The summed E-state index contributed by atoms with van der Waals surface area (Å²) < 4.78 is 20.7. The van der Waals surface area contributed by atoms with Crippen LogP contribution in [0.15, 0.2) is 23.3 Å². The standard InChI is InChI=1S/C22H36FN5O3/c1-14(2)10-19(22(29)30)18(21-25-27-28(3)26-21)11-15-4-5-16(20(23)12-15)13-31-17-6-8-24-9-7-17/h4-5,12,14,17-19,22,24,27,29-30H,6-11,13H2,1-3H3,(H,25,26)/t18-,19-/m0/s1. The number of amidine groups is 1. The van der Waals surface area contributed by atoms with Gasteiger partial charge in [0.2, 0.25) is 0 Å². The number of hydrogen-bond donors (Lipinski definition) is 5. The summed E-state index contributed by atoms with van der Waals surface area (Å²) in [5.41, 5.74) is 7.22. The van der Waals surface area contributed by atoms with Crippen LogP contribution >= 0.6 is 0 Å². The van der Waals surface area contributed by atoms with E-state index in [1.807, 2.05) is 19.9 Å². The highest BCUT2D eigenvalue weighted by Crippen LogP contribution is 2.29. The first-order chi connectivity index (χ1) is 14.8. The molecule has 0 saturated carbocycles. The lowest BCUT2D eigenvalue weighted by Gasteiger charge is -2.30. The van der Waals surface area contributed by atoms with Crippen LogP contribution in [-0.4, -0.2) is 53.7 Å². The molecule has 8 nitrogen and oxygen atoms in total. The summed E-state index contributed by atoms with van der Waals surface area (Å²) in [6, 6.07) is 5.18. The Bertz CT molecular complexity index is 740. The van der Waals surface area contributed by atoms with E-state index in [0.717, 1.165) is 31.5 Å². The minimum absolute atomic E-state index is 0.170. The second-order valence-electron chi connectivity index (χ2n) is 8.97. The van der Waals surface area contributed by atoms with E-state index in [1.165, 1.54) is 6.07 Å². The fraction of sp³-hybridized carbons (Fsp3) is 0.682. The average molecular weight is 438 g/mol. The van der Waals surface area contributed by atoms with Gasteiger partial charge in [0.15, 0.2) is 6.29 Å². The predicted molar refractivity (Wildman–Crippen MR) is 117 cm³/mol. The molecule has 2 atom stereocenters. The van der Waals surface area contributed by atoms with Crippen molar-refractivity contribution in [1.82, 2.24) is 21.4 Å². The molecule has 0 unspecified atom stereocenters. The lowest BCUT2D eigenvalue weighted by molar-refractivity contribution is -0.0986. The zero-order valence-corrected chi connectivity index (χ0v) is 18.6. The predicted octanol–water partition coefficient (Wildman–Crippen LogP) is 1.49. The number of piperidine rings is 1. The van der Waals surface area contributed by atoms with E-state index >= 15 is 0 Å². The first kappa shape index (κ1) is 23.9. The highest BCUT2D eigenvalue weighted by molar-refractivity contribution is 5.85. The van der Waals surface area contributed by atoms with Crippen molar-refractivity contribution in [2.24, 2.45) is 22.9 Å². The maximum Gasteiger partial charge on any atom is 0.155 e. The monoisotopic (exact) mass is 437 g/mol. The molecule has 2 aliphatic heterocycles. The third-order valence-electron chi connectivity index (χ3n) is 5.93. The van der Waals surface area contributed by atoms with E-state index in [9.17, 15) is 14.6 Å². The van der Waals surface area contributed by atoms with Crippen LogP contribution in [0.3, 0.4) is 0 Å². The van der Waals surface area contributed by atoms with Crippen molar-refractivity contribution in [2.45, 2.75) is 58.5 Å². The maximum atomic E-state index is 14.8. The number of hydrazone groups is 1. The molecule has 0 amide bonds. The number of hydrogen-bond acceptors (Lipinski definition) is 8. The normalized spacial score (nSPS) is 19.9. The SMILES string of the molecule is CC(C)C[C@H](C(O)O)[C@H](Cc1ccc(COC2CCNCC2)c(F)c1)C1=NNN(C)N1. The Labute approximate surface area is 183 Å². The molecule has 1 aromatic carbocycles. The van der Waals surface area contributed by atoms with Crippen LogP contribution in [0.2, 0.25) is 0 Å². The highest BCUT2D eigenvalue weighted by Gasteiger charge is 2.34. The molecule has 2 aliphatic rings. The fourth-order valence-corrected chi connectivity index (χ4v) is 4.26. The number of ether oxygens (including phenoxy) is 1. The third-order valence-corrected chi connectivity index (χ3v) is 5.93. The van der Waals surface area contributed by atoms with Crippen molar-refractivity contribution in [1.29, 1.82) is 0 Å². The molecule has 9 heteroatoms. The van der Waals surface area contributed by atoms with E-state index in [-0.39, 0.29) is 30.4 Å². The molecule has 5 N–H and O–H groups in total. The second-order valence-corrected chi connectivity index (χ2v) is 8.97. The van der Waals surface area contributed by atoms with Crippen LogP contribution in [0, 0.1) is 23.6 Å². The van der Waals surface area contributed by atoms with Gasteiger partial charge in [0, 0.05) is 24.4 Å². The molecule has 3 rings (SSSR count). The number of aliphatic hydroxyl groups excluding tert-OH is 1. The first-order valence-electron chi connectivity index (χ1n) is 11.1. The Balaban J connectivity index is 1.71. The summed E-state index contributed by atoms with van der Waals surface area (Å²) in [6.07, 6.45) is 1.60. The van der Waals surface area contributed by atoms with Crippen LogP contribution in [-0.2, 0) is 17.8 Å². The zero-order chi connectivity index (χ0) is 22.4. The van der Waals surface area contributed by atoms with Crippen molar-refractivity contribution < 1.29 is 19.3 Å². The molecular weight excluding hydrogens is 401 g/mol. The Hall–Kier alpha value is -1.78. The smallest absolute Gasteiger partial charge is 0.155 e. The zero-order valence-electron chi connectivity index (χ0n) is 18.6. The third kappa shape index (κ3) is 6.85. The van der Waals surface area contributed by atoms with Gasteiger partial charge in [-0.15, -0.1) is 10.2 Å². The molecule has 0 radical (unpaired) electrons. The topological polar surface area (TPSA) is 101 Å². The number of aliphatic hydroxyl groups is 2. The van der Waals surface area contributed by atoms with Crippen molar-refractivity contribution in [3.8, 4) is 0 Å². The van der Waals surface area contributed by atoms with Gasteiger partial charge in [-0.05, 0) is 56.3 Å². The van der Waals surface area contributed by atoms with E-state index in [2.05, 4.69) is 21.4 Å². The quantitative estimate of drug-likeness (QED) is 0.354. The van der Waals surface area contributed by atoms with E-state index in [4.69, 9.17) is 4.74 Å². The van der Waals surface area contributed by atoms with Crippen molar-refractivity contribution >= 4 is 5.84 Å². The molecule has 1 aromatic rings. The molecule has 2 heterocycles. The van der Waals surface area contributed by atoms with Gasteiger partial charge in [-0.3, -0.25) is 5.43 Å². The van der Waals surface area contributed by atoms with Crippen molar-refractivity contribution in [2.75, 3.05) is 20.1 Å². The lowest BCUT2D eigenvalue weighted by Crippen LogP contribution is -2.44. The molecule has 0 bridgehead atoms. The van der Waals surface area contributed by atoms with Crippen LogP contribution in [0.25, 0.3) is 0 Å². The van der Waals surface area contributed by atoms with Gasteiger partial charge < -0.3 is 20.3 Å². The van der Waals surface area contributed by atoms with E-state index in [1.54, 1.807) is 18.2 Å². The Morgan fingerprint density at radius 1 is 1.26 bits per heavy atom. The summed E-state index contributed by atoms with van der Waals surface area (Å²) in [6.45, 7) is 6.21. The molecule has 0 aromatic heterocycles. The molecule has 0 spiro atoms. The van der Waals surface area contributed by atoms with E-state index in [0.29, 0.717) is 24.2 Å². The van der Waals surface area contributed by atoms with Gasteiger partial charge in [0.1, 0.15) is 11.7 Å². The number of rotatable bonds is 10. The molecular formula is C22H36FN5O3. The first-order valence-corrected chi connectivity index (χ1v) is 11.1. The molecule has 31 heavy (non-hydrogen) atoms. The molecule has 1 fully saturated rings. The summed E-state index contributed by atoms with van der Waals surface area (Å²) in [5, 5.41) is 29.3. The largest absolute Gasteiger partial charge is 0.373 e. The summed E-state index contributed by atoms with van der Waals surface area (Å²) in [4.78, 5) is 0.